The summed E-state index contributed by atoms with van der Waals surface area (Å²) in [6, 6.07) is 5.36. The number of amides is 2. The van der Waals surface area contributed by atoms with E-state index < -0.39 is 0 Å². The van der Waals surface area contributed by atoms with Gasteiger partial charge in [-0.05, 0) is 31.5 Å². The van der Waals surface area contributed by atoms with Gasteiger partial charge in [0.1, 0.15) is 18.2 Å². The summed E-state index contributed by atoms with van der Waals surface area (Å²) < 4.78 is 11.1. The third kappa shape index (κ3) is 3.92. The molecule has 0 aliphatic carbocycles. The predicted molar refractivity (Wildman–Crippen MR) is 88.1 cm³/mol. The fraction of sp³-hybridized carbons (Fsp3) is 0.375. The zero-order chi connectivity index (χ0) is 16.2. The third-order valence-corrected chi connectivity index (χ3v) is 4.45. The minimum absolute atomic E-state index is 0.135. The molecule has 1 aromatic heterocycles. The van der Waals surface area contributed by atoms with Crippen LogP contribution in [0.1, 0.15) is 29.2 Å². The number of nitrogens with one attached hydrogen (secondary N) is 2. The van der Waals surface area contributed by atoms with Crippen molar-refractivity contribution in [2.24, 2.45) is 0 Å². The number of carbonyl (C=O) groups excluding carboxylic acids is 1. The van der Waals surface area contributed by atoms with Crippen LogP contribution in [0.4, 0.5) is 4.79 Å². The van der Waals surface area contributed by atoms with Gasteiger partial charge in [0.05, 0.1) is 12.6 Å². The summed E-state index contributed by atoms with van der Waals surface area (Å²) >= 11 is 1.54. The molecule has 0 fully saturated rings. The molecule has 2 N–H and O–H groups in total. The summed E-state index contributed by atoms with van der Waals surface area (Å²) in [6.07, 6.45) is 0. The minimum atomic E-state index is -0.222. The van der Waals surface area contributed by atoms with Crippen molar-refractivity contribution in [1.82, 2.24) is 15.6 Å². The van der Waals surface area contributed by atoms with Crippen LogP contribution < -0.4 is 20.1 Å². The lowest BCUT2D eigenvalue weighted by atomic mass is 10.1. The molecule has 1 aliphatic rings. The second-order valence-corrected chi connectivity index (χ2v) is 6.28. The van der Waals surface area contributed by atoms with Crippen molar-refractivity contribution in [1.29, 1.82) is 0 Å². The SMILES string of the molecule is Cc1csc(CNC(=O)N[C@@H](C)c2ccc3c(c2)OCCO3)n1. The number of hydrogen-bond acceptors (Lipinski definition) is 5. The van der Waals surface area contributed by atoms with E-state index in [1.807, 2.05) is 37.4 Å². The van der Waals surface area contributed by atoms with Gasteiger partial charge >= 0.3 is 6.03 Å². The van der Waals surface area contributed by atoms with Crippen LogP contribution in [0.15, 0.2) is 23.6 Å². The Balaban J connectivity index is 1.55. The molecule has 6 nitrogen and oxygen atoms in total. The summed E-state index contributed by atoms with van der Waals surface area (Å²) in [6.45, 7) is 5.41. The van der Waals surface area contributed by atoms with Gasteiger partial charge in [0.2, 0.25) is 0 Å². The molecule has 0 radical (unpaired) electrons. The Morgan fingerprint density at radius 2 is 2.13 bits per heavy atom. The number of urea groups is 1. The van der Waals surface area contributed by atoms with E-state index in [4.69, 9.17) is 9.47 Å². The number of hydrogen-bond donors (Lipinski definition) is 2. The molecule has 0 bridgehead atoms. The van der Waals surface area contributed by atoms with Crippen molar-refractivity contribution in [2.45, 2.75) is 26.4 Å². The Morgan fingerprint density at radius 3 is 2.87 bits per heavy atom. The lowest BCUT2D eigenvalue weighted by Crippen LogP contribution is -2.36. The zero-order valence-electron chi connectivity index (χ0n) is 13.1. The molecule has 2 amide bonds. The average Bonchev–Trinajstić information content (AvgIpc) is 2.98. The van der Waals surface area contributed by atoms with Crippen LogP contribution in [0.2, 0.25) is 0 Å². The molecule has 1 aromatic carbocycles. The second-order valence-electron chi connectivity index (χ2n) is 5.33. The van der Waals surface area contributed by atoms with Gasteiger partial charge in [-0.15, -0.1) is 11.3 Å². The molecule has 23 heavy (non-hydrogen) atoms. The molecule has 0 unspecified atom stereocenters. The van der Waals surface area contributed by atoms with E-state index in [0.717, 1.165) is 27.8 Å². The number of carbonyl (C=O) groups is 1. The number of rotatable bonds is 4. The fourth-order valence-corrected chi connectivity index (χ4v) is 3.01. The highest BCUT2D eigenvalue weighted by atomic mass is 32.1. The number of benzene rings is 1. The highest BCUT2D eigenvalue weighted by Crippen LogP contribution is 2.32. The Labute approximate surface area is 138 Å². The van der Waals surface area contributed by atoms with Gasteiger partial charge in [-0.2, -0.15) is 0 Å². The van der Waals surface area contributed by atoms with E-state index >= 15 is 0 Å². The van der Waals surface area contributed by atoms with E-state index in [-0.39, 0.29) is 12.1 Å². The van der Waals surface area contributed by atoms with Crippen LogP contribution in [0.25, 0.3) is 0 Å². The average molecular weight is 333 g/mol. The topological polar surface area (TPSA) is 72.5 Å². The maximum Gasteiger partial charge on any atom is 0.315 e. The summed E-state index contributed by atoms with van der Waals surface area (Å²) in [5, 5.41) is 8.59. The van der Waals surface area contributed by atoms with Gasteiger partial charge in [-0.3, -0.25) is 0 Å². The molecule has 2 heterocycles. The predicted octanol–water partition coefficient (Wildman–Crippen LogP) is 2.78. The smallest absolute Gasteiger partial charge is 0.315 e. The number of nitrogens with zero attached hydrogens (tertiary/aromatic N) is 1. The van der Waals surface area contributed by atoms with Gasteiger partial charge in [-0.25, -0.2) is 9.78 Å². The van der Waals surface area contributed by atoms with Crippen molar-refractivity contribution in [3.63, 3.8) is 0 Å². The normalized spacial score (nSPS) is 14.2. The van der Waals surface area contributed by atoms with E-state index in [1.54, 1.807) is 0 Å². The van der Waals surface area contributed by atoms with Gasteiger partial charge in [0.25, 0.3) is 0 Å². The second kappa shape index (κ2) is 6.87. The Bertz CT molecular complexity index is 702. The van der Waals surface area contributed by atoms with E-state index in [2.05, 4.69) is 15.6 Å². The zero-order valence-corrected chi connectivity index (χ0v) is 13.9. The van der Waals surface area contributed by atoms with Crippen molar-refractivity contribution < 1.29 is 14.3 Å². The molecule has 0 saturated carbocycles. The van der Waals surface area contributed by atoms with Gasteiger partial charge < -0.3 is 20.1 Å². The Morgan fingerprint density at radius 1 is 1.35 bits per heavy atom. The molecular formula is C16H19N3O3S. The van der Waals surface area contributed by atoms with Crippen LogP contribution in [0, 0.1) is 6.92 Å². The highest BCUT2D eigenvalue weighted by Gasteiger charge is 2.15. The quantitative estimate of drug-likeness (QED) is 0.902. The van der Waals surface area contributed by atoms with Crippen LogP contribution in [-0.4, -0.2) is 24.2 Å². The maximum atomic E-state index is 12.0. The Kier molecular flexibility index (Phi) is 4.66. The molecule has 1 aliphatic heterocycles. The van der Waals surface area contributed by atoms with E-state index in [9.17, 15) is 4.79 Å². The van der Waals surface area contributed by atoms with Crippen molar-refractivity contribution in [3.8, 4) is 11.5 Å². The molecule has 7 heteroatoms. The number of aryl methyl sites for hydroxylation is 1. The summed E-state index contributed by atoms with van der Waals surface area (Å²) in [5.41, 5.74) is 1.94. The van der Waals surface area contributed by atoms with Gasteiger partial charge in [0.15, 0.2) is 11.5 Å². The monoisotopic (exact) mass is 333 g/mol. The first-order chi connectivity index (χ1) is 11.1. The third-order valence-electron chi connectivity index (χ3n) is 3.48. The minimum Gasteiger partial charge on any atom is -0.486 e. The van der Waals surface area contributed by atoms with Crippen molar-refractivity contribution in [2.75, 3.05) is 13.2 Å². The van der Waals surface area contributed by atoms with Gasteiger partial charge in [-0.1, -0.05) is 6.07 Å². The molecular weight excluding hydrogens is 314 g/mol. The molecule has 3 rings (SSSR count). The van der Waals surface area contributed by atoms with Crippen molar-refractivity contribution >= 4 is 17.4 Å². The van der Waals surface area contributed by atoms with Crippen LogP contribution in [0.5, 0.6) is 11.5 Å². The summed E-state index contributed by atoms with van der Waals surface area (Å²) in [4.78, 5) is 16.3. The number of fused-ring (bicyclic) bond motifs is 1. The Hall–Kier alpha value is -2.28. The largest absolute Gasteiger partial charge is 0.486 e. The highest BCUT2D eigenvalue weighted by molar-refractivity contribution is 7.09. The van der Waals surface area contributed by atoms with Crippen LogP contribution >= 0.6 is 11.3 Å². The lowest BCUT2D eigenvalue weighted by Gasteiger charge is -2.21. The fourth-order valence-electron chi connectivity index (χ4n) is 2.30. The maximum absolute atomic E-state index is 12.0. The van der Waals surface area contributed by atoms with Crippen molar-refractivity contribution in [3.05, 3.63) is 39.8 Å². The molecule has 122 valence electrons. The summed E-state index contributed by atoms with van der Waals surface area (Å²) in [5.74, 6) is 1.47. The molecule has 2 aromatic rings. The first kappa shape index (κ1) is 15.6. The van der Waals surface area contributed by atoms with E-state index in [1.165, 1.54) is 11.3 Å². The first-order valence-corrected chi connectivity index (χ1v) is 8.34. The summed E-state index contributed by atoms with van der Waals surface area (Å²) in [7, 11) is 0. The number of ether oxygens (including phenoxy) is 2. The van der Waals surface area contributed by atoms with Crippen LogP contribution in [0.3, 0.4) is 0 Å². The number of aromatic nitrogens is 1. The van der Waals surface area contributed by atoms with Crippen LogP contribution in [-0.2, 0) is 6.54 Å². The lowest BCUT2D eigenvalue weighted by molar-refractivity contribution is 0.171. The standard InChI is InChI=1S/C16H19N3O3S/c1-10-9-23-15(18-10)8-17-16(20)19-11(2)12-3-4-13-14(7-12)22-6-5-21-13/h3-4,7,9,11H,5-6,8H2,1-2H3,(H2,17,19,20)/t11-/m0/s1. The number of thiazole rings is 1. The van der Waals surface area contributed by atoms with Gasteiger partial charge in [0, 0.05) is 11.1 Å². The molecule has 1 atom stereocenters. The van der Waals surface area contributed by atoms with E-state index in [0.29, 0.717) is 19.8 Å². The molecule has 0 saturated heterocycles. The first-order valence-electron chi connectivity index (χ1n) is 7.47. The molecule has 0 spiro atoms.